The largest absolute Gasteiger partial charge is 0.488 e. The van der Waals surface area contributed by atoms with Crippen LogP contribution in [0, 0.1) is 6.92 Å². The summed E-state index contributed by atoms with van der Waals surface area (Å²) in [4.78, 5) is 12.4. The second-order valence-electron chi connectivity index (χ2n) is 5.71. The minimum absolute atomic E-state index is 0. The minimum Gasteiger partial charge on any atom is -0.488 e. The number of para-hydroxylation sites is 1. The zero-order chi connectivity index (χ0) is 17.9. The first kappa shape index (κ1) is 22.0. The number of carbonyl (C=O) groups excluding carboxylic acids is 1. The second-order valence-corrected chi connectivity index (χ2v) is 5.71. The lowest BCUT2D eigenvalue weighted by atomic mass is 10.1. The number of benzene rings is 2. The van der Waals surface area contributed by atoms with E-state index in [0.717, 1.165) is 12.1 Å². The van der Waals surface area contributed by atoms with Gasteiger partial charge in [0.2, 0.25) is 0 Å². The molecule has 6 heteroatoms. The van der Waals surface area contributed by atoms with Crippen molar-refractivity contribution in [1.29, 1.82) is 0 Å². The second kappa shape index (κ2) is 12.3. The van der Waals surface area contributed by atoms with E-state index in [4.69, 9.17) is 9.47 Å². The van der Waals surface area contributed by atoms with Gasteiger partial charge in [-0.05, 0) is 30.2 Å². The molecule has 0 aromatic heterocycles. The summed E-state index contributed by atoms with van der Waals surface area (Å²) >= 11 is 0. The lowest BCUT2D eigenvalue weighted by Crippen LogP contribution is -2.33. The number of halogens is 1. The van der Waals surface area contributed by atoms with Gasteiger partial charge in [0, 0.05) is 26.7 Å². The third-order valence-electron chi connectivity index (χ3n) is 3.85. The van der Waals surface area contributed by atoms with Gasteiger partial charge in [-0.1, -0.05) is 36.4 Å². The van der Waals surface area contributed by atoms with E-state index in [9.17, 15) is 4.79 Å². The van der Waals surface area contributed by atoms with Gasteiger partial charge in [-0.15, -0.1) is 12.4 Å². The van der Waals surface area contributed by atoms with Crippen molar-refractivity contribution in [3.05, 3.63) is 65.2 Å². The normalized spacial score (nSPS) is 10.1. The summed E-state index contributed by atoms with van der Waals surface area (Å²) in [6.45, 7) is 5.16. The fraction of sp³-hybridized carbons (Fsp3) is 0.350. The Kier molecular flexibility index (Phi) is 10.4. The van der Waals surface area contributed by atoms with Crippen LogP contribution in [-0.4, -0.2) is 39.3 Å². The van der Waals surface area contributed by atoms with E-state index in [1.807, 2.05) is 49.4 Å². The van der Waals surface area contributed by atoms with E-state index in [1.54, 1.807) is 13.2 Å². The average Bonchev–Trinajstić information content (AvgIpc) is 2.64. The number of amides is 1. The van der Waals surface area contributed by atoms with Crippen molar-refractivity contribution in [2.45, 2.75) is 13.5 Å². The summed E-state index contributed by atoms with van der Waals surface area (Å²) in [7, 11) is 1.66. The van der Waals surface area contributed by atoms with Crippen molar-refractivity contribution in [1.82, 2.24) is 10.6 Å². The predicted molar refractivity (Wildman–Crippen MR) is 106 cm³/mol. The van der Waals surface area contributed by atoms with E-state index in [2.05, 4.69) is 10.6 Å². The molecule has 2 N–H and O–H groups in total. The maximum Gasteiger partial charge on any atom is 0.255 e. The highest BCUT2D eigenvalue weighted by Gasteiger charge is 2.12. The van der Waals surface area contributed by atoms with Crippen LogP contribution in [0.3, 0.4) is 0 Å². The molecule has 0 saturated carbocycles. The molecule has 0 spiro atoms. The van der Waals surface area contributed by atoms with Gasteiger partial charge in [0.25, 0.3) is 5.91 Å². The molecule has 0 atom stereocenters. The lowest BCUT2D eigenvalue weighted by Gasteiger charge is -2.13. The van der Waals surface area contributed by atoms with Gasteiger partial charge in [-0.25, -0.2) is 0 Å². The molecule has 0 heterocycles. The van der Waals surface area contributed by atoms with Crippen molar-refractivity contribution in [2.24, 2.45) is 0 Å². The van der Waals surface area contributed by atoms with Crippen LogP contribution in [0.1, 0.15) is 21.5 Å². The van der Waals surface area contributed by atoms with Gasteiger partial charge in [-0.3, -0.25) is 4.79 Å². The van der Waals surface area contributed by atoms with Crippen molar-refractivity contribution in [3.63, 3.8) is 0 Å². The van der Waals surface area contributed by atoms with Crippen molar-refractivity contribution >= 4 is 18.3 Å². The number of hydrogen-bond acceptors (Lipinski definition) is 4. The third-order valence-corrected chi connectivity index (χ3v) is 3.85. The monoisotopic (exact) mass is 378 g/mol. The number of ether oxygens (including phenoxy) is 2. The number of carbonyl (C=O) groups is 1. The molecule has 0 fully saturated rings. The highest BCUT2D eigenvalue weighted by molar-refractivity contribution is 5.96. The van der Waals surface area contributed by atoms with Crippen LogP contribution in [0.2, 0.25) is 0 Å². The van der Waals surface area contributed by atoms with Crippen LogP contribution in [0.25, 0.3) is 0 Å². The topological polar surface area (TPSA) is 59.6 Å². The van der Waals surface area contributed by atoms with Gasteiger partial charge in [0.15, 0.2) is 0 Å². The molecule has 0 saturated heterocycles. The number of nitrogens with one attached hydrogen (secondary N) is 2. The Bertz CT molecular complexity index is 680. The Morgan fingerprint density at radius 1 is 1.00 bits per heavy atom. The maximum absolute atomic E-state index is 12.4. The molecule has 0 aliphatic carbocycles. The van der Waals surface area contributed by atoms with Gasteiger partial charge >= 0.3 is 0 Å². The molecule has 2 aromatic carbocycles. The molecule has 0 bridgehead atoms. The summed E-state index contributed by atoms with van der Waals surface area (Å²) in [5, 5.41) is 6.09. The van der Waals surface area contributed by atoms with Crippen molar-refractivity contribution in [3.8, 4) is 5.75 Å². The molecule has 142 valence electrons. The summed E-state index contributed by atoms with van der Waals surface area (Å²) in [6, 6.07) is 15.4. The van der Waals surface area contributed by atoms with Crippen molar-refractivity contribution in [2.75, 3.05) is 33.4 Å². The van der Waals surface area contributed by atoms with E-state index < -0.39 is 0 Å². The molecular formula is C20H27ClN2O3. The SMILES string of the molecule is COCCNCCNC(=O)c1ccccc1OCc1ccccc1C.Cl. The number of rotatable bonds is 10. The van der Waals surface area contributed by atoms with Gasteiger partial charge in [-0.2, -0.15) is 0 Å². The van der Waals surface area contributed by atoms with Crippen LogP contribution in [-0.2, 0) is 11.3 Å². The van der Waals surface area contributed by atoms with Crippen molar-refractivity contribution < 1.29 is 14.3 Å². The number of hydrogen-bond donors (Lipinski definition) is 2. The van der Waals surface area contributed by atoms with E-state index >= 15 is 0 Å². The Morgan fingerprint density at radius 2 is 1.73 bits per heavy atom. The third kappa shape index (κ3) is 7.04. The molecule has 0 aliphatic heterocycles. The Morgan fingerprint density at radius 3 is 2.50 bits per heavy atom. The van der Waals surface area contributed by atoms with Crippen LogP contribution in [0.15, 0.2) is 48.5 Å². The van der Waals surface area contributed by atoms with E-state index in [1.165, 1.54) is 5.56 Å². The highest BCUT2D eigenvalue weighted by Crippen LogP contribution is 2.20. The first-order chi connectivity index (χ1) is 12.2. The molecule has 0 radical (unpaired) electrons. The molecule has 26 heavy (non-hydrogen) atoms. The molecular weight excluding hydrogens is 352 g/mol. The Balaban J connectivity index is 0.00000338. The maximum atomic E-state index is 12.4. The molecule has 1 amide bonds. The Hall–Kier alpha value is -2.08. The zero-order valence-corrected chi connectivity index (χ0v) is 16.1. The number of aryl methyl sites for hydroxylation is 1. The molecule has 5 nitrogen and oxygen atoms in total. The molecule has 2 aromatic rings. The summed E-state index contributed by atoms with van der Waals surface area (Å²) < 4.78 is 10.9. The van der Waals surface area contributed by atoms with Gasteiger partial charge in [0.1, 0.15) is 12.4 Å². The summed E-state index contributed by atoms with van der Waals surface area (Å²) in [5.74, 6) is 0.463. The standard InChI is InChI=1S/C20H26N2O3.ClH/c1-16-7-3-4-8-17(16)15-25-19-10-6-5-9-18(19)20(23)22-12-11-21-13-14-24-2;/h3-10,21H,11-15H2,1-2H3,(H,22,23);1H. The summed E-state index contributed by atoms with van der Waals surface area (Å²) in [6.07, 6.45) is 0. The fourth-order valence-corrected chi connectivity index (χ4v) is 2.37. The highest BCUT2D eigenvalue weighted by atomic mass is 35.5. The summed E-state index contributed by atoms with van der Waals surface area (Å²) in [5.41, 5.74) is 2.83. The van der Waals surface area contributed by atoms with E-state index in [-0.39, 0.29) is 18.3 Å². The average molecular weight is 379 g/mol. The Labute approximate surface area is 161 Å². The predicted octanol–water partition coefficient (Wildman–Crippen LogP) is 2.96. The quantitative estimate of drug-likeness (QED) is 0.624. The van der Waals surface area contributed by atoms with E-state index in [0.29, 0.717) is 37.6 Å². The smallest absolute Gasteiger partial charge is 0.255 e. The van der Waals surface area contributed by atoms with Crippen LogP contribution < -0.4 is 15.4 Å². The molecule has 2 rings (SSSR count). The first-order valence-electron chi connectivity index (χ1n) is 8.46. The van der Waals surface area contributed by atoms with Crippen LogP contribution >= 0.6 is 12.4 Å². The first-order valence-corrected chi connectivity index (χ1v) is 8.46. The van der Waals surface area contributed by atoms with Gasteiger partial charge in [0.05, 0.1) is 12.2 Å². The minimum atomic E-state index is -0.131. The van der Waals surface area contributed by atoms with Gasteiger partial charge < -0.3 is 20.1 Å². The zero-order valence-electron chi connectivity index (χ0n) is 15.3. The molecule has 0 aliphatic rings. The fourth-order valence-electron chi connectivity index (χ4n) is 2.37. The lowest BCUT2D eigenvalue weighted by molar-refractivity contribution is 0.0949. The van der Waals surface area contributed by atoms with Crippen LogP contribution in [0.5, 0.6) is 5.75 Å². The van der Waals surface area contributed by atoms with Crippen LogP contribution in [0.4, 0.5) is 0 Å². The number of methoxy groups -OCH3 is 1. The molecule has 0 unspecified atom stereocenters.